The van der Waals surface area contributed by atoms with Crippen LogP contribution < -0.4 is 10.6 Å². The minimum absolute atomic E-state index is 0.0125. The minimum atomic E-state index is -1.03. The molecule has 16 heteroatoms. The van der Waals surface area contributed by atoms with E-state index in [0.717, 1.165) is 27.8 Å². The number of nitrogens with zero attached hydrogens (tertiary/aromatic N) is 3. The predicted molar refractivity (Wildman–Crippen MR) is 258 cm³/mol. The molecule has 3 aliphatic heterocycles. The molecule has 1 fully saturated rings. The Morgan fingerprint density at radius 1 is 0.864 bits per heavy atom. The van der Waals surface area contributed by atoms with Gasteiger partial charge < -0.3 is 24.9 Å². The maximum atomic E-state index is 14.5. The van der Waals surface area contributed by atoms with Gasteiger partial charge in [0.25, 0.3) is 11.8 Å². The third kappa shape index (κ3) is 8.86. The van der Waals surface area contributed by atoms with E-state index in [4.69, 9.17) is 30.9 Å². The van der Waals surface area contributed by atoms with Crippen molar-refractivity contribution < 1.29 is 33.5 Å². The maximum Gasteiger partial charge on any atom is 0.356 e. The Balaban J connectivity index is 0.984. The first kappa shape index (κ1) is 44.5. The number of carbonyl (C=O) groups excluding carboxylic acids is 4. The summed E-state index contributed by atoms with van der Waals surface area (Å²) in [5.41, 5.74) is 4.27. The summed E-state index contributed by atoms with van der Waals surface area (Å²) in [6, 6.07) is 47.8. The van der Waals surface area contributed by atoms with E-state index >= 15 is 0 Å². The van der Waals surface area contributed by atoms with Crippen LogP contribution in [-0.4, -0.2) is 76.0 Å². The van der Waals surface area contributed by atoms with Crippen molar-refractivity contribution in [3.8, 4) is 0 Å². The van der Waals surface area contributed by atoms with Crippen LogP contribution in [0.5, 0.6) is 0 Å². The Morgan fingerprint density at radius 2 is 1.41 bits per heavy atom. The number of nitrogens with one attached hydrogen (secondary N) is 2. The first-order valence-corrected chi connectivity index (χ1v) is 24.0. The largest absolute Gasteiger partial charge is 0.456 e. The molecule has 0 saturated carbocycles. The first-order chi connectivity index (χ1) is 32.3. The zero-order valence-electron chi connectivity index (χ0n) is 35.2. The van der Waals surface area contributed by atoms with Crippen LogP contribution in [0.3, 0.4) is 0 Å². The van der Waals surface area contributed by atoms with Gasteiger partial charge in [-0.05, 0) is 33.4 Å². The van der Waals surface area contributed by atoms with Crippen molar-refractivity contribution in [2.75, 3.05) is 30.5 Å². The number of rotatable bonds is 16. The number of oxime groups is 1. The molecular weight excluding hydrogens is 914 g/mol. The average Bonchev–Trinajstić information content (AvgIpc) is 3.97. The molecule has 0 aliphatic carbocycles. The lowest BCUT2D eigenvalue weighted by Gasteiger charge is -2.49. The predicted octanol–water partition coefficient (Wildman–Crippen LogP) is 8.62. The van der Waals surface area contributed by atoms with Crippen LogP contribution in [0, 0.1) is 0 Å². The number of hydrogen-bond acceptors (Lipinski definition) is 13. The molecule has 2 N–H and O–H groups in total. The Kier molecular flexibility index (Phi) is 13.4. The highest BCUT2D eigenvalue weighted by Gasteiger charge is 2.55. The van der Waals surface area contributed by atoms with Gasteiger partial charge in [0.05, 0.1) is 0 Å². The third-order valence-corrected chi connectivity index (χ3v) is 15.0. The quantitative estimate of drug-likeness (QED) is 0.0316. The van der Waals surface area contributed by atoms with Crippen LogP contribution in [0.4, 0.5) is 5.13 Å². The van der Waals surface area contributed by atoms with Crippen molar-refractivity contribution >= 4 is 81.1 Å². The summed E-state index contributed by atoms with van der Waals surface area (Å²) in [4.78, 5) is 67.1. The van der Waals surface area contributed by atoms with E-state index in [1.807, 2.05) is 115 Å². The second-order valence-corrected chi connectivity index (χ2v) is 18.6. The summed E-state index contributed by atoms with van der Waals surface area (Å²) in [5.74, 6) is -2.00. The smallest absolute Gasteiger partial charge is 0.356 e. The van der Waals surface area contributed by atoms with Gasteiger partial charge in [-0.1, -0.05) is 168 Å². The van der Waals surface area contributed by atoms with Crippen molar-refractivity contribution in [2.24, 2.45) is 5.16 Å². The van der Waals surface area contributed by atoms with Crippen LogP contribution in [0.25, 0.3) is 0 Å². The van der Waals surface area contributed by atoms with Crippen molar-refractivity contribution in [1.82, 2.24) is 15.2 Å². The van der Waals surface area contributed by atoms with Crippen molar-refractivity contribution in [2.45, 2.75) is 23.1 Å². The van der Waals surface area contributed by atoms with Crippen LogP contribution in [0.15, 0.2) is 183 Å². The van der Waals surface area contributed by atoms with Gasteiger partial charge in [0.2, 0.25) is 0 Å². The van der Waals surface area contributed by atoms with Gasteiger partial charge in [-0.2, -0.15) is 0 Å². The number of hydrogen-bond donors (Lipinski definition) is 2. The summed E-state index contributed by atoms with van der Waals surface area (Å²) in [7, 11) is 1.33. The van der Waals surface area contributed by atoms with Gasteiger partial charge in [-0.15, -0.1) is 34.9 Å². The number of ether oxygens (including phenoxy) is 2. The number of anilines is 1. The number of thiazole rings is 1. The molecule has 2 amide bonds. The van der Waals surface area contributed by atoms with Gasteiger partial charge in [0.1, 0.15) is 47.1 Å². The van der Waals surface area contributed by atoms with Crippen molar-refractivity contribution in [3.63, 3.8) is 0 Å². The van der Waals surface area contributed by atoms with E-state index in [-0.39, 0.29) is 34.5 Å². The van der Waals surface area contributed by atoms with Gasteiger partial charge in [0, 0.05) is 21.8 Å². The molecule has 2 atom stereocenters. The number of benzene rings is 5. The van der Waals surface area contributed by atoms with Crippen LogP contribution in [-0.2, 0) is 39.0 Å². The highest BCUT2D eigenvalue weighted by molar-refractivity contribution is 8.03. The summed E-state index contributed by atoms with van der Waals surface area (Å²) in [6.07, 6.45) is -0.789. The van der Waals surface area contributed by atoms with E-state index in [0.29, 0.717) is 21.4 Å². The summed E-state index contributed by atoms with van der Waals surface area (Å²) >= 11 is 10.2. The van der Waals surface area contributed by atoms with Crippen molar-refractivity contribution in [3.05, 3.63) is 212 Å². The van der Waals surface area contributed by atoms with Gasteiger partial charge in [-0.25, -0.2) is 14.6 Å². The lowest BCUT2D eigenvalue weighted by atomic mass is 9.77. The molecule has 9 rings (SSSR count). The Labute approximate surface area is 398 Å². The highest BCUT2D eigenvalue weighted by Crippen LogP contribution is 2.44. The van der Waals surface area contributed by atoms with Crippen molar-refractivity contribution in [1.29, 1.82) is 0 Å². The molecule has 6 aromatic rings. The number of fused-ring (bicyclic) bond motifs is 1. The van der Waals surface area contributed by atoms with Crippen LogP contribution in [0.1, 0.15) is 39.6 Å². The van der Waals surface area contributed by atoms with E-state index in [9.17, 15) is 19.2 Å². The molecule has 1 saturated heterocycles. The fourth-order valence-electron chi connectivity index (χ4n) is 8.07. The number of thioether (sulfide) groups is 2. The SMILES string of the molecule is CO/N=C(\C(=O)N[C@@H]1C(=O)N2C(C(=O)OC(c3ccccc3)c3ccccc3)=C(CSC3=C(Cl)C(=O)OC3)CS[C@@H]12)c1csc(NC(c2ccccc2)(c2ccccc2)c2ccccc2)n1. The molecule has 0 spiro atoms. The van der Waals surface area contributed by atoms with Crippen LogP contribution >= 0.6 is 46.5 Å². The molecule has 332 valence electrons. The lowest BCUT2D eigenvalue weighted by molar-refractivity contribution is -0.154. The molecule has 3 aliphatic rings. The third-order valence-electron chi connectivity index (χ3n) is 11.2. The first-order valence-electron chi connectivity index (χ1n) is 20.8. The Bertz CT molecular complexity index is 2710. The van der Waals surface area contributed by atoms with E-state index in [1.54, 1.807) is 5.38 Å². The van der Waals surface area contributed by atoms with E-state index in [2.05, 4.69) is 52.2 Å². The summed E-state index contributed by atoms with van der Waals surface area (Å²) < 4.78 is 11.4. The number of halogens is 1. The normalized spacial score (nSPS) is 17.3. The number of esters is 2. The molecule has 1 aromatic heterocycles. The molecular formula is C50H40ClN5O7S3. The monoisotopic (exact) mass is 953 g/mol. The van der Waals surface area contributed by atoms with Gasteiger partial charge in [0.15, 0.2) is 16.9 Å². The molecule has 5 aromatic carbocycles. The zero-order chi connectivity index (χ0) is 45.6. The summed E-state index contributed by atoms with van der Waals surface area (Å²) in [6.45, 7) is 0.0157. The average molecular weight is 955 g/mol. The number of β-lactam (4-membered cyclic amide) rings is 1. The highest BCUT2D eigenvalue weighted by atomic mass is 35.5. The topological polar surface area (TPSA) is 149 Å². The second-order valence-electron chi connectivity index (χ2n) is 15.2. The Hall–Kier alpha value is -6.65. The Morgan fingerprint density at radius 3 is 1.92 bits per heavy atom. The molecule has 4 heterocycles. The number of carbonyl (C=O) groups is 4. The van der Waals surface area contributed by atoms with Gasteiger partial charge >= 0.3 is 11.9 Å². The summed E-state index contributed by atoms with van der Waals surface area (Å²) in [5, 5.41) is 12.2. The fourth-order valence-corrected chi connectivity index (χ4v) is 11.5. The van der Waals surface area contributed by atoms with Crippen LogP contribution in [0.2, 0.25) is 0 Å². The van der Waals surface area contributed by atoms with E-state index < -0.39 is 46.8 Å². The molecule has 0 radical (unpaired) electrons. The molecule has 0 unspecified atom stereocenters. The molecule has 0 bridgehead atoms. The number of cyclic esters (lactones) is 1. The standard InChI is InChI=1S/C50H40ClN5O7S3/c1-61-55-40(37-30-66-49(52-37)54-50(34-21-11-4-12-22-34,35-23-13-5-14-24-35)36-25-15-6-16-26-36)44(57)53-41-45(58)56-42(33(29-65-46(41)56)28-64-38-27-62-47(59)39(38)51)48(60)63-43(31-17-7-2-8-18-31)32-19-9-3-10-20-32/h2-26,30,41,43,46H,27-29H2,1H3,(H,52,54)(H,53,57)/b55-40-/t41-,46+/m1/s1. The number of aromatic nitrogens is 1. The van der Waals surface area contributed by atoms with Gasteiger partial charge in [-0.3, -0.25) is 14.5 Å². The minimum Gasteiger partial charge on any atom is -0.456 e. The molecule has 66 heavy (non-hydrogen) atoms. The number of amides is 2. The van der Waals surface area contributed by atoms with E-state index in [1.165, 1.54) is 46.9 Å². The molecule has 12 nitrogen and oxygen atoms in total. The fraction of sp³-hybridized carbons (Fsp3) is 0.160. The zero-order valence-corrected chi connectivity index (χ0v) is 38.4. The lowest BCUT2D eigenvalue weighted by Crippen LogP contribution is -2.71. The second kappa shape index (κ2) is 19.8. The maximum absolute atomic E-state index is 14.5.